The predicted molar refractivity (Wildman–Crippen MR) is 87.2 cm³/mol. The molecular weight excluding hydrogens is 258 g/mol. The van der Waals surface area contributed by atoms with Gasteiger partial charge in [-0.3, -0.25) is 4.79 Å². The first kappa shape index (κ1) is 14.9. The maximum absolute atomic E-state index is 10.3. The normalized spacial score (nSPS) is 9.57. The molecule has 0 spiro atoms. The molecule has 2 rings (SSSR count). The standard InChI is InChI=1S/C19H19NO/c1-2-3-4-16-5-7-17(8-6-16)9-10-18-11-13-19(14-12-18)20-15-21/h5-8,11-15H,2-4H2,1H3,(H,20,21). The monoisotopic (exact) mass is 277 g/mol. The fraction of sp³-hybridized carbons (Fsp3) is 0.211. The largest absolute Gasteiger partial charge is 0.329 e. The van der Waals surface area contributed by atoms with E-state index in [0.29, 0.717) is 6.41 Å². The van der Waals surface area contributed by atoms with Crippen molar-refractivity contribution in [2.75, 3.05) is 5.32 Å². The highest BCUT2D eigenvalue weighted by Crippen LogP contribution is 2.09. The number of unbranched alkanes of at least 4 members (excludes halogenated alkanes) is 1. The van der Waals surface area contributed by atoms with E-state index in [9.17, 15) is 4.79 Å². The minimum absolute atomic E-state index is 0.667. The lowest BCUT2D eigenvalue weighted by molar-refractivity contribution is -0.105. The number of carbonyl (C=O) groups is 1. The van der Waals surface area contributed by atoms with Crippen molar-refractivity contribution in [3.63, 3.8) is 0 Å². The van der Waals surface area contributed by atoms with Gasteiger partial charge in [-0.05, 0) is 54.8 Å². The van der Waals surface area contributed by atoms with Crippen molar-refractivity contribution < 1.29 is 4.79 Å². The molecule has 0 aliphatic rings. The number of rotatable bonds is 5. The summed E-state index contributed by atoms with van der Waals surface area (Å²) in [7, 11) is 0. The third-order valence-corrected chi connectivity index (χ3v) is 3.23. The molecule has 21 heavy (non-hydrogen) atoms. The third kappa shape index (κ3) is 4.81. The molecule has 106 valence electrons. The van der Waals surface area contributed by atoms with Gasteiger partial charge in [0.1, 0.15) is 0 Å². The van der Waals surface area contributed by atoms with E-state index in [2.05, 4.69) is 48.3 Å². The average molecular weight is 277 g/mol. The molecule has 2 nitrogen and oxygen atoms in total. The van der Waals surface area contributed by atoms with Crippen molar-refractivity contribution in [3.05, 3.63) is 65.2 Å². The van der Waals surface area contributed by atoms with Crippen molar-refractivity contribution >= 4 is 12.1 Å². The van der Waals surface area contributed by atoms with Crippen LogP contribution in [0.15, 0.2) is 48.5 Å². The van der Waals surface area contributed by atoms with Gasteiger partial charge in [0.15, 0.2) is 0 Å². The van der Waals surface area contributed by atoms with Crippen LogP contribution < -0.4 is 5.32 Å². The second-order valence-corrected chi connectivity index (χ2v) is 4.89. The summed E-state index contributed by atoms with van der Waals surface area (Å²) in [6, 6.07) is 15.9. The molecule has 1 amide bonds. The number of anilines is 1. The summed E-state index contributed by atoms with van der Waals surface area (Å²) in [4.78, 5) is 10.3. The number of benzene rings is 2. The number of hydrogen-bond acceptors (Lipinski definition) is 1. The van der Waals surface area contributed by atoms with Gasteiger partial charge in [-0.1, -0.05) is 37.3 Å². The zero-order chi connectivity index (χ0) is 14.9. The Hall–Kier alpha value is -2.53. The number of nitrogens with one attached hydrogen (secondary N) is 1. The van der Waals surface area contributed by atoms with Crippen LogP contribution in [0.1, 0.15) is 36.5 Å². The molecule has 2 aromatic rings. The molecule has 0 aromatic heterocycles. The topological polar surface area (TPSA) is 29.1 Å². The number of amides is 1. The maximum Gasteiger partial charge on any atom is 0.211 e. The molecule has 0 atom stereocenters. The predicted octanol–water partition coefficient (Wildman–Crippen LogP) is 4.00. The lowest BCUT2D eigenvalue weighted by atomic mass is 10.1. The van der Waals surface area contributed by atoms with Gasteiger partial charge in [-0.15, -0.1) is 0 Å². The van der Waals surface area contributed by atoms with Crippen molar-refractivity contribution in [1.82, 2.24) is 0 Å². The smallest absolute Gasteiger partial charge is 0.211 e. The second-order valence-electron chi connectivity index (χ2n) is 4.89. The molecule has 0 heterocycles. The molecule has 0 aliphatic heterocycles. The third-order valence-electron chi connectivity index (χ3n) is 3.23. The lowest BCUT2D eigenvalue weighted by Gasteiger charge is -1.99. The zero-order valence-electron chi connectivity index (χ0n) is 12.2. The van der Waals surface area contributed by atoms with E-state index in [1.165, 1.54) is 18.4 Å². The van der Waals surface area contributed by atoms with Crippen LogP contribution >= 0.6 is 0 Å². The van der Waals surface area contributed by atoms with E-state index in [1.54, 1.807) is 0 Å². The average Bonchev–Trinajstić information content (AvgIpc) is 2.53. The second kappa shape index (κ2) is 7.91. The van der Waals surface area contributed by atoms with Crippen LogP contribution in [0.3, 0.4) is 0 Å². The first-order valence-corrected chi connectivity index (χ1v) is 7.23. The zero-order valence-corrected chi connectivity index (χ0v) is 12.2. The molecule has 0 saturated carbocycles. The minimum atomic E-state index is 0.667. The Morgan fingerprint density at radius 2 is 1.52 bits per heavy atom. The van der Waals surface area contributed by atoms with E-state index in [0.717, 1.165) is 23.2 Å². The fourth-order valence-corrected chi connectivity index (χ4v) is 2.00. The number of hydrogen-bond donors (Lipinski definition) is 1. The first-order valence-electron chi connectivity index (χ1n) is 7.23. The van der Waals surface area contributed by atoms with E-state index in [-0.39, 0.29) is 0 Å². The highest BCUT2D eigenvalue weighted by Gasteiger charge is 1.93. The van der Waals surface area contributed by atoms with Crippen molar-refractivity contribution in [2.24, 2.45) is 0 Å². The Labute approximate surface area is 126 Å². The first-order chi connectivity index (χ1) is 10.3. The van der Waals surface area contributed by atoms with Crippen LogP contribution in [0.4, 0.5) is 5.69 Å². The maximum atomic E-state index is 10.3. The summed E-state index contributed by atoms with van der Waals surface area (Å²) in [6.45, 7) is 2.20. The van der Waals surface area contributed by atoms with Crippen LogP contribution in [0.5, 0.6) is 0 Å². The Bertz CT molecular complexity index is 630. The minimum Gasteiger partial charge on any atom is -0.329 e. The molecule has 1 N–H and O–H groups in total. The molecule has 0 fully saturated rings. The van der Waals surface area contributed by atoms with Crippen LogP contribution in [-0.2, 0) is 11.2 Å². The van der Waals surface area contributed by atoms with Crippen LogP contribution in [0.2, 0.25) is 0 Å². The Morgan fingerprint density at radius 3 is 2.05 bits per heavy atom. The number of aryl methyl sites for hydroxylation is 1. The fourth-order valence-electron chi connectivity index (χ4n) is 2.00. The Morgan fingerprint density at radius 1 is 0.952 bits per heavy atom. The molecular formula is C19H19NO. The van der Waals surface area contributed by atoms with Gasteiger partial charge in [0, 0.05) is 16.8 Å². The molecule has 2 heteroatoms. The molecule has 0 bridgehead atoms. The Kier molecular flexibility index (Phi) is 5.60. The summed E-state index contributed by atoms with van der Waals surface area (Å²) in [5, 5.41) is 2.60. The van der Waals surface area contributed by atoms with E-state index >= 15 is 0 Å². The number of carbonyl (C=O) groups excluding carboxylic acids is 1. The quantitative estimate of drug-likeness (QED) is 0.649. The van der Waals surface area contributed by atoms with E-state index in [4.69, 9.17) is 0 Å². The van der Waals surface area contributed by atoms with E-state index < -0.39 is 0 Å². The van der Waals surface area contributed by atoms with Crippen molar-refractivity contribution in [2.45, 2.75) is 26.2 Å². The molecule has 0 radical (unpaired) electrons. The SMILES string of the molecule is CCCCc1ccc(C#Cc2ccc(NC=O)cc2)cc1. The summed E-state index contributed by atoms with van der Waals surface area (Å²) in [5.41, 5.74) is 4.09. The van der Waals surface area contributed by atoms with Crippen LogP contribution in [0, 0.1) is 11.8 Å². The van der Waals surface area contributed by atoms with Gasteiger partial charge in [0.05, 0.1) is 0 Å². The molecule has 2 aromatic carbocycles. The van der Waals surface area contributed by atoms with Crippen LogP contribution in [-0.4, -0.2) is 6.41 Å². The van der Waals surface area contributed by atoms with E-state index in [1.807, 2.05) is 24.3 Å². The summed E-state index contributed by atoms with van der Waals surface area (Å²) in [5.74, 6) is 6.28. The molecule has 0 saturated heterocycles. The van der Waals surface area contributed by atoms with Crippen molar-refractivity contribution in [3.8, 4) is 11.8 Å². The molecule has 0 unspecified atom stereocenters. The van der Waals surface area contributed by atoms with Crippen molar-refractivity contribution in [1.29, 1.82) is 0 Å². The highest BCUT2D eigenvalue weighted by molar-refractivity contribution is 5.71. The summed E-state index contributed by atoms with van der Waals surface area (Å²) < 4.78 is 0. The summed E-state index contributed by atoms with van der Waals surface area (Å²) >= 11 is 0. The van der Waals surface area contributed by atoms with Gasteiger partial charge < -0.3 is 5.32 Å². The molecule has 0 aliphatic carbocycles. The van der Waals surface area contributed by atoms with Gasteiger partial charge in [0.2, 0.25) is 6.41 Å². The van der Waals surface area contributed by atoms with Gasteiger partial charge >= 0.3 is 0 Å². The summed E-state index contributed by atoms with van der Waals surface area (Å²) in [6.07, 6.45) is 4.25. The van der Waals surface area contributed by atoms with Crippen LogP contribution in [0.25, 0.3) is 0 Å². The van der Waals surface area contributed by atoms with Gasteiger partial charge in [-0.2, -0.15) is 0 Å². The highest BCUT2D eigenvalue weighted by atomic mass is 16.1. The van der Waals surface area contributed by atoms with Gasteiger partial charge in [-0.25, -0.2) is 0 Å². The van der Waals surface area contributed by atoms with Gasteiger partial charge in [0.25, 0.3) is 0 Å². The Balaban J connectivity index is 2.02. The lowest BCUT2D eigenvalue weighted by Crippen LogP contribution is -1.92.